The molecule has 0 aromatic carbocycles. The molecule has 14 heavy (non-hydrogen) atoms. The van der Waals surface area contributed by atoms with Gasteiger partial charge in [-0.3, -0.25) is 4.79 Å². The van der Waals surface area contributed by atoms with Crippen LogP contribution in [-0.4, -0.2) is 19.0 Å². The number of nitrogens with one attached hydrogen (secondary N) is 1. The minimum Gasteiger partial charge on any atom is -0.355 e. The highest BCUT2D eigenvalue weighted by molar-refractivity contribution is 5.85. The Balaban J connectivity index is 1.72. The summed E-state index contributed by atoms with van der Waals surface area (Å²) in [6.07, 6.45) is 7.22. The molecule has 2 rings (SSSR count). The molecule has 3 heteroatoms. The summed E-state index contributed by atoms with van der Waals surface area (Å²) in [6.45, 7) is 1.39. The summed E-state index contributed by atoms with van der Waals surface area (Å²) in [5, 5.41) is 3.06. The number of amides is 1. The summed E-state index contributed by atoms with van der Waals surface area (Å²) < 4.78 is 0. The Bertz CT molecular complexity index is 217. The molecule has 3 N–H and O–H groups in total. The van der Waals surface area contributed by atoms with Gasteiger partial charge in [0.1, 0.15) is 0 Å². The average molecular weight is 196 g/mol. The van der Waals surface area contributed by atoms with Crippen molar-refractivity contribution in [3.8, 4) is 0 Å². The van der Waals surface area contributed by atoms with E-state index in [1.807, 2.05) is 0 Å². The molecule has 0 heterocycles. The fourth-order valence-corrected chi connectivity index (χ4v) is 2.31. The van der Waals surface area contributed by atoms with Crippen LogP contribution in [0.4, 0.5) is 0 Å². The van der Waals surface area contributed by atoms with Crippen LogP contribution in [0, 0.1) is 11.3 Å². The summed E-state index contributed by atoms with van der Waals surface area (Å²) in [5.41, 5.74) is 5.42. The first-order chi connectivity index (χ1) is 6.77. The highest BCUT2D eigenvalue weighted by atomic mass is 16.2. The molecule has 0 atom stereocenters. The van der Waals surface area contributed by atoms with Crippen LogP contribution in [-0.2, 0) is 4.79 Å². The Morgan fingerprint density at radius 2 is 2.00 bits per heavy atom. The molecular weight excluding hydrogens is 176 g/mol. The minimum absolute atomic E-state index is 0.168. The van der Waals surface area contributed by atoms with Crippen molar-refractivity contribution >= 4 is 5.91 Å². The van der Waals surface area contributed by atoms with Gasteiger partial charge in [-0.25, -0.2) is 0 Å². The van der Waals surface area contributed by atoms with Gasteiger partial charge in [0.05, 0.1) is 5.41 Å². The Morgan fingerprint density at radius 1 is 1.36 bits per heavy atom. The predicted molar refractivity (Wildman–Crippen MR) is 55.7 cm³/mol. The van der Waals surface area contributed by atoms with E-state index in [9.17, 15) is 4.79 Å². The molecule has 0 spiro atoms. The smallest absolute Gasteiger partial charge is 0.227 e. The van der Waals surface area contributed by atoms with E-state index in [0.717, 1.165) is 25.3 Å². The third-order valence-corrected chi connectivity index (χ3v) is 3.75. The van der Waals surface area contributed by atoms with Crippen molar-refractivity contribution in [2.75, 3.05) is 13.1 Å². The molecule has 2 aliphatic carbocycles. The molecule has 2 aliphatic rings. The van der Waals surface area contributed by atoms with E-state index < -0.39 is 0 Å². The van der Waals surface area contributed by atoms with E-state index in [2.05, 4.69) is 5.32 Å². The summed E-state index contributed by atoms with van der Waals surface area (Å²) in [5.74, 6) is 0.930. The quantitative estimate of drug-likeness (QED) is 0.705. The van der Waals surface area contributed by atoms with Crippen LogP contribution in [0.5, 0.6) is 0 Å². The van der Waals surface area contributed by atoms with E-state index in [0.29, 0.717) is 6.54 Å². The third-order valence-electron chi connectivity index (χ3n) is 3.75. The van der Waals surface area contributed by atoms with Crippen molar-refractivity contribution in [3.63, 3.8) is 0 Å². The maximum atomic E-state index is 11.7. The van der Waals surface area contributed by atoms with Gasteiger partial charge in [-0.2, -0.15) is 0 Å². The van der Waals surface area contributed by atoms with Crippen molar-refractivity contribution < 1.29 is 4.79 Å². The van der Waals surface area contributed by atoms with E-state index in [-0.39, 0.29) is 11.3 Å². The predicted octanol–water partition coefficient (Wildman–Crippen LogP) is 1.03. The number of carbonyl (C=O) groups is 1. The standard InChI is InChI=1S/C11H20N2O/c12-8-11(5-6-11)10(14)13-7-9-3-1-2-4-9/h9H,1-8,12H2,(H,13,14). The summed E-state index contributed by atoms with van der Waals surface area (Å²) in [6, 6.07) is 0. The maximum Gasteiger partial charge on any atom is 0.227 e. The van der Waals surface area contributed by atoms with Crippen molar-refractivity contribution in [1.82, 2.24) is 5.32 Å². The highest BCUT2D eigenvalue weighted by Gasteiger charge is 2.48. The highest BCUT2D eigenvalue weighted by Crippen LogP contribution is 2.44. The lowest BCUT2D eigenvalue weighted by atomic mass is 10.1. The second kappa shape index (κ2) is 3.89. The second-order valence-electron chi connectivity index (χ2n) is 4.84. The number of rotatable bonds is 4. The van der Waals surface area contributed by atoms with Gasteiger partial charge in [0.25, 0.3) is 0 Å². The Morgan fingerprint density at radius 3 is 2.50 bits per heavy atom. The Labute approximate surface area is 85.4 Å². The largest absolute Gasteiger partial charge is 0.355 e. The van der Waals surface area contributed by atoms with Gasteiger partial charge in [0, 0.05) is 13.1 Å². The molecule has 80 valence electrons. The summed E-state index contributed by atoms with van der Waals surface area (Å²) >= 11 is 0. The van der Waals surface area contributed by atoms with Gasteiger partial charge in [0.2, 0.25) is 5.91 Å². The van der Waals surface area contributed by atoms with E-state index >= 15 is 0 Å². The van der Waals surface area contributed by atoms with Crippen molar-refractivity contribution in [1.29, 1.82) is 0 Å². The van der Waals surface area contributed by atoms with Crippen LogP contribution in [0.3, 0.4) is 0 Å². The fraction of sp³-hybridized carbons (Fsp3) is 0.909. The van der Waals surface area contributed by atoms with Gasteiger partial charge in [-0.05, 0) is 31.6 Å². The fourth-order valence-electron chi connectivity index (χ4n) is 2.31. The maximum absolute atomic E-state index is 11.7. The van der Waals surface area contributed by atoms with Crippen LogP contribution in [0.2, 0.25) is 0 Å². The lowest BCUT2D eigenvalue weighted by Gasteiger charge is -2.15. The topological polar surface area (TPSA) is 55.1 Å². The molecule has 0 unspecified atom stereocenters. The molecule has 0 saturated heterocycles. The average Bonchev–Trinajstić information content (AvgIpc) is 2.84. The minimum atomic E-state index is -0.168. The number of nitrogens with two attached hydrogens (primary N) is 1. The number of hydrogen-bond acceptors (Lipinski definition) is 2. The number of hydrogen-bond donors (Lipinski definition) is 2. The van der Waals surface area contributed by atoms with Gasteiger partial charge < -0.3 is 11.1 Å². The zero-order valence-electron chi connectivity index (χ0n) is 8.72. The van der Waals surface area contributed by atoms with Crippen molar-refractivity contribution in [3.05, 3.63) is 0 Å². The molecular formula is C11H20N2O. The lowest BCUT2D eigenvalue weighted by Crippen LogP contribution is -2.38. The van der Waals surface area contributed by atoms with Crippen LogP contribution < -0.4 is 11.1 Å². The Hall–Kier alpha value is -0.570. The molecule has 2 saturated carbocycles. The van der Waals surface area contributed by atoms with Gasteiger partial charge in [-0.15, -0.1) is 0 Å². The van der Waals surface area contributed by atoms with Crippen molar-refractivity contribution in [2.24, 2.45) is 17.1 Å². The summed E-state index contributed by atoms with van der Waals surface area (Å²) in [4.78, 5) is 11.7. The SMILES string of the molecule is NCC1(C(=O)NCC2CCCC2)CC1. The van der Waals surface area contributed by atoms with Crippen molar-refractivity contribution in [2.45, 2.75) is 38.5 Å². The molecule has 3 nitrogen and oxygen atoms in total. The van der Waals surface area contributed by atoms with Crippen LogP contribution in [0.25, 0.3) is 0 Å². The zero-order chi connectivity index (χ0) is 10.0. The molecule has 1 amide bonds. The number of carbonyl (C=O) groups excluding carboxylic acids is 1. The monoisotopic (exact) mass is 196 g/mol. The van der Waals surface area contributed by atoms with Gasteiger partial charge in [-0.1, -0.05) is 12.8 Å². The molecule has 0 aromatic rings. The van der Waals surface area contributed by atoms with Crippen LogP contribution in [0.15, 0.2) is 0 Å². The summed E-state index contributed by atoms with van der Waals surface area (Å²) in [7, 11) is 0. The second-order valence-corrected chi connectivity index (χ2v) is 4.84. The Kier molecular flexibility index (Phi) is 2.77. The third kappa shape index (κ3) is 1.92. The molecule has 2 fully saturated rings. The zero-order valence-corrected chi connectivity index (χ0v) is 8.72. The molecule has 0 bridgehead atoms. The first-order valence-electron chi connectivity index (χ1n) is 5.75. The molecule has 0 aromatic heterocycles. The molecule has 0 aliphatic heterocycles. The first kappa shape index (κ1) is 9.97. The van der Waals surface area contributed by atoms with Gasteiger partial charge in [0.15, 0.2) is 0 Å². The van der Waals surface area contributed by atoms with Gasteiger partial charge >= 0.3 is 0 Å². The van der Waals surface area contributed by atoms with E-state index in [1.165, 1.54) is 25.7 Å². The van der Waals surface area contributed by atoms with Crippen LogP contribution >= 0.6 is 0 Å². The van der Waals surface area contributed by atoms with E-state index in [1.54, 1.807) is 0 Å². The first-order valence-corrected chi connectivity index (χ1v) is 5.75. The van der Waals surface area contributed by atoms with Crippen LogP contribution in [0.1, 0.15) is 38.5 Å². The lowest BCUT2D eigenvalue weighted by molar-refractivity contribution is -0.126. The molecule has 0 radical (unpaired) electrons. The normalized spacial score (nSPS) is 24.9. The van der Waals surface area contributed by atoms with E-state index in [4.69, 9.17) is 5.73 Å².